The quantitative estimate of drug-likeness (QED) is 0.672. The minimum atomic E-state index is 0.195. The van der Waals surface area contributed by atoms with Crippen molar-refractivity contribution in [2.24, 2.45) is 0 Å². The number of hydrogen-bond donors (Lipinski definition) is 1. The molecule has 0 aromatic heterocycles. The minimum absolute atomic E-state index is 0.195. The molecular weight excluding hydrogens is 176 g/mol. The molecule has 1 rings (SSSR count). The van der Waals surface area contributed by atoms with Gasteiger partial charge in [0.1, 0.15) is 0 Å². The Balaban J connectivity index is 2.55. The van der Waals surface area contributed by atoms with Gasteiger partial charge >= 0.3 is 0 Å². The first-order valence-corrected chi connectivity index (χ1v) is 5.34. The molecule has 3 heteroatoms. The zero-order valence-electron chi connectivity index (χ0n) is 9.34. The van der Waals surface area contributed by atoms with Crippen LogP contribution in [0.2, 0.25) is 0 Å². The maximum absolute atomic E-state index is 11.9. The number of nitrogens with zero attached hydrogens (tertiary/aromatic N) is 1. The average molecular weight is 196 g/mol. The predicted molar refractivity (Wildman–Crippen MR) is 58.1 cm³/mol. The Bertz CT molecular complexity index is 235. The van der Waals surface area contributed by atoms with Gasteiger partial charge in [-0.05, 0) is 20.3 Å². The molecular formula is C11H20N2O. The molecule has 1 amide bonds. The van der Waals surface area contributed by atoms with Crippen LogP contribution in [0.4, 0.5) is 0 Å². The SMILES string of the molecule is CC/C=C(/C)C(=O)N1CCN[C@@H](C)C1. The topological polar surface area (TPSA) is 32.3 Å². The van der Waals surface area contributed by atoms with Crippen LogP contribution in [-0.4, -0.2) is 36.5 Å². The predicted octanol–water partition coefficient (Wildman–Crippen LogP) is 1.16. The van der Waals surface area contributed by atoms with Crippen LogP contribution in [-0.2, 0) is 4.79 Å². The number of allylic oxidation sites excluding steroid dienone is 1. The number of carbonyl (C=O) groups excluding carboxylic acids is 1. The highest BCUT2D eigenvalue weighted by atomic mass is 16.2. The summed E-state index contributed by atoms with van der Waals surface area (Å²) in [6.45, 7) is 8.63. The lowest BCUT2D eigenvalue weighted by atomic mass is 10.1. The van der Waals surface area contributed by atoms with Gasteiger partial charge in [-0.3, -0.25) is 4.79 Å². The highest BCUT2D eigenvalue weighted by molar-refractivity contribution is 5.92. The van der Waals surface area contributed by atoms with Crippen LogP contribution in [0.25, 0.3) is 0 Å². The number of hydrogen-bond acceptors (Lipinski definition) is 2. The van der Waals surface area contributed by atoms with Crippen molar-refractivity contribution in [1.29, 1.82) is 0 Å². The second-order valence-corrected chi connectivity index (χ2v) is 3.90. The average Bonchev–Trinajstić information content (AvgIpc) is 2.17. The van der Waals surface area contributed by atoms with E-state index < -0.39 is 0 Å². The Kier molecular flexibility index (Phi) is 4.14. The molecule has 0 aliphatic carbocycles. The van der Waals surface area contributed by atoms with Crippen LogP contribution in [0.1, 0.15) is 27.2 Å². The summed E-state index contributed by atoms with van der Waals surface area (Å²) in [5.74, 6) is 0.195. The second-order valence-electron chi connectivity index (χ2n) is 3.90. The van der Waals surface area contributed by atoms with Gasteiger partial charge < -0.3 is 10.2 Å². The van der Waals surface area contributed by atoms with E-state index in [1.807, 2.05) is 17.9 Å². The van der Waals surface area contributed by atoms with Gasteiger partial charge in [-0.2, -0.15) is 0 Å². The highest BCUT2D eigenvalue weighted by Crippen LogP contribution is 2.06. The lowest BCUT2D eigenvalue weighted by Crippen LogP contribution is -2.51. The summed E-state index contributed by atoms with van der Waals surface area (Å²) in [7, 11) is 0. The van der Waals surface area contributed by atoms with Gasteiger partial charge in [0.05, 0.1) is 0 Å². The van der Waals surface area contributed by atoms with E-state index in [1.54, 1.807) is 0 Å². The van der Waals surface area contributed by atoms with E-state index in [2.05, 4.69) is 19.2 Å². The van der Waals surface area contributed by atoms with Crippen molar-refractivity contribution in [2.75, 3.05) is 19.6 Å². The molecule has 1 heterocycles. The first-order chi connectivity index (χ1) is 6.65. The Morgan fingerprint density at radius 1 is 1.64 bits per heavy atom. The molecule has 1 aliphatic heterocycles. The van der Waals surface area contributed by atoms with Crippen LogP contribution in [0.3, 0.4) is 0 Å². The van der Waals surface area contributed by atoms with Crippen LogP contribution in [0.5, 0.6) is 0 Å². The van der Waals surface area contributed by atoms with E-state index in [4.69, 9.17) is 0 Å². The van der Waals surface area contributed by atoms with Gasteiger partial charge in [0, 0.05) is 31.2 Å². The molecule has 3 nitrogen and oxygen atoms in total. The normalized spacial score (nSPS) is 23.8. The van der Waals surface area contributed by atoms with Crippen LogP contribution in [0, 0.1) is 0 Å². The number of carbonyl (C=O) groups is 1. The monoisotopic (exact) mass is 196 g/mol. The molecule has 1 atom stereocenters. The standard InChI is InChI=1S/C11H20N2O/c1-4-5-9(2)11(14)13-7-6-12-10(3)8-13/h5,10,12H,4,6-8H2,1-3H3/b9-5-/t10-/m0/s1. The lowest BCUT2D eigenvalue weighted by molar-refractivity contribution is -0.128. The molecule has 0 radical (unpaired) electrons. The molecule has 0 aromatic rings. The van der Waals surface area contributed by atoms with Crippen LogP contribution in [0.15, 0.2) is 11.6 Å². The van der Waals surface area contributed by atoms with Gasteiger partial charge in [0.15, 0.2) is 0 Å². The maximum Gasteiger partial charge on any atom is 0.249 e. The molecule has 1 saturated heterocycles. The largest absolute Gasteiger partial charge is 0.336 e. The third kappa shape index (κ3) is 2.84. The van der Waals surface area contributed by atoms with Gasteiger partial charge in [0.2, 0.25) is 5.91 Å². The van der Waals surface area contributed by atoms with E-state index in [0.717, 1.165) is 31.6 Å². The number of nitrogens with one attached hydrogen (secondary N) is 1. The molecule has 0 aromatic carbocycles. The Hall–Kier alpha value is -0.830. The van der Waals surface area contributed by atoms with E-state index >= 15 is 0 Å². The molecule has 0 bridgehead atoms. The van der Waals surface area contributed by atoms with Crippen molar-refractivity contribution in [2.45, 2.75) is 33.2 Å². The van der Waals surface area contributed by atoms with E-state index in [9.17, 15) is 4.79 Å². The second kappa shape index (κ2) is 5.15. The summed E-state index contributed by atoms with van der Waals surface area (Å²) < 4.78 is 0. The summed E-state index contributed by atoms with van der Waals surface area (Å²) in [5.41, 5.74) is 0.876. The molecule has 1 N–H and O–H groups in total. The third-order valence-corrected chi connectivity index (χ3v) is 2.50. The first-order valence-electron chi connectivity index (χ1n) is 5.34. The molecule has 14 heavy (non-hydrogen) atoms. The van der Waals surface area contributed by atoms with Crippen LogP contribution < -0.4 is 5.32 Å². The fraction of sp³-hybridized carbons (Fsp3) is 0.727. The summed E-state index contributed by atoms with van der Waals surface area (Å²) in [6, 6.07) is 0.419. The van der Waals surface area contributed by atoms with Crippen molar-refractivity contribution >= 4 is 5.91 Å². The van der Waals surface area contributed by atoms with Gasteiger partial charge in [-0.15, -0.1) is 0 Å². The zero-order chi connectivity index (χ0) is 10.6. The Morgan fingerprint density at radius 3 is 2.93 bits per heavy atom. The van der Waals surface area contributed by atoms with Gasteiger partial charge in [-0.25, -0.2) is 0 Å². The first kappa shape index (κ1) is 11.2. The van der Waals surface area contributed by atoms with E-state index in [0.29, 0.717) is 6.04 Å². The lowest BCUT2D eigenvalue weighted by Gasteiger charge is -2.32. The fourth-order valence-electron chi connectivity index (χ4n) is 1.76. The fourth-order valence-corrected chi connectivity index (χ4v) is 1.76. The summed E-state index contributed by atoms with van der Waals surface area (Å²) in [6.07, 6.45) is 2.92. The molecule has 80 valence electrons. The Morgan fingerprint density at radius 2 is 2.36 bits per heavy atom. The number of piperazine rings is 1. The van der Waals surface area contributed by atoms with Crippen molar-refractivity contribution < 1.29 is 4.79 Å². The third-order valence-electron chi connectivity index (χ3n) is 2.50. The summed E-state index contributed by atoms with van der Waals surface area (Å²) >= 11 is 0. The highest BCUT2D eigenvalue weighted by Gasteiger charge is 2.20. The van der Waals surface area contributed by atoms with E-state index in [1.165, 1.54) is 0 Å². The zero-order valence-corrected chi connectivity index (χ0v) is 9.34. The van der Waals surface area contributed by atoms with Crippen molar-refractivity contribution in [3.8, 4) is 0 Å². The smallest absolute Gasteiger partial charge is 0.249 e. The maximum atomic E-state index is 11.9. The van der Waals surface area contributed by atoms with Crippen LogP contribution >= 0.6 is 0 Å². The molecule has 0 spiro atoms. The number of rotatable bonds is 2. The van der Waals surface area contributed by atoms with Gasteiger partial charge in [-0.1, -0.05) is 13.0 Å². The Labute approximate surface area is 86.2 Å². The molecule has 0 saturated carbocycles. The van der Waals surface area contributed by atoms with Gasteiger partial charge in [0.25, 0.3) is 0 Å². The minimum Gasteiger partial charge on any atom is -0.336 e. The van der Waals surface area contributed by atoms with Crippen molar-refractivity contribution in [3.63, 3.8) is 0 Å². The molecule has 1 aliphatic rings. The number of amides is 1. The van der Waals surface area contributed by atoms with E-state index in [-0.39, 0.29) is 5.91 Å². The summed E-state index contributed by atoms with van der Waals surface area (Å²) in [5, 5.41) is 3.32. The summed E-state index contributed by atoms with van der Waals surface area (Å²) in [4.78, 5) is 13.8. The van der Waals surface area contributed by atoms with Crippen molar-refractivity contribution in [1.82, 2.24) is 10.2 Å². The molecule has 0 unspecified atom stereocenters. The van der Waals surface area contributed by atoms with Crippen molar-refractivity contribution in [3.05, 3.63) is 11.6 Å². The molecule has 1 fully saturated rings.